The largest absolute Gasteiger partial charge is 0.493 e. The molecule has 7 nitrogen and oxygen atoms in total. The fraction of sp³-hybridized carbons (Fsp3) is 0.391. The summed E-state index contributed by atoms with van der Waals surface area (Å²) < 4.78 is 24.0. The topological polar surface area (TPSA) is 71.1 Å². The second-order valence-electron chi connectivity index (χ2n) is 7.63. The highest BCUT2D eigenvalue weighted by atomic mass is 19.1. The van der Waals surface area contributed by atoms with Crippen molar-refractivity contribution in [2.24, 2.45) is 0 Å². The van der Waals surface area contributed by atoms with Crippen LogP contribution in [0.2, 0.25) is 0 Å². The van der Waals surface area contributed by atoms with E-state index in [2.05, 4.69) is 10.2 Å². The van der Waals surface area contributed by atoms with E-state index in [0.29, 0.717) is 43.2 Å². The minimum absolute atomic E-state index is 0.0292. The molecule has 0 saturated carbocycles. The van der Waals surface area contributed by atoms with Crippen LogP contribution >= 0.6 is 0 Å². The van der Waals surface area contributed by atoms with Gasteiger partial charge in [0.25, 0.3) is 11.8 Å². The van der Waals surface area contributed by atoms with E-state index in [0.717, 1.165) is 5.69 Å². The van der Waals surface area contributed by atoms with Gasteiger partial charge < -0.3 is 24.6 Å². The Morgan fingerprint density at radius 1 is 1.03 bits per heavy atom. The van der Waals surface area contributed by atoms with Crippen LogP contribution in [0.4, 0.5) is 10.1 Å². The molecule has 2 aromatic rings. The van der Waals surface area contributed by atoms with Gasteiger partial charge in [-0.15, -0.1) is 0 Å². The fourth-order valence-electron chi connectivity index (χ4n) is 3.43. The molecule has 0 aromatic heterocycles. The number of nitrogens with one attached hydrogen (secondary N) is 1. The lowest BCUT2D eigenvalue weighted by atomic mass is 10.1. The van der Waals surface area contributed by atoms with Gasteiger partial charge in [-0.05, 0) is 56.3 Å². The number of hydrogen-bond acceptors (Lipinski definition) is 5. The van der Waals surface area contributed by atoms with Gasteiger partial charge in [0, 0.05) is 43.5 Å². The third-order valence-electron chi connectivity index (χ3n) is 4.98. The Hall–Kier alpha value is -3.29. The summed E-state index contributed by atoms with van der Waals surface area (Å²) in [6.07, 6.45) is 0. The molecule has 1 heterocycles. The number of ether oxygens (including phenoxy) is 2. The molecule has 1 aliphatic heterocycles. The molecule has 0 radical (unpaired) electrons. The Bertz CT molecular complexity index is 910. The Morgan fingerprint density at radius 2 is 1.71 bits per heavy atom. The van der Waals surface area contributed by atoms with Crippen LogP contribution in [-0.4, -0.2) is 62.7 Å². The average Bonchev–Trinajstić information content (AvgIpc) is 2.77. The molecule has 0 aliphatic carbocycles. The standard InChI is InChI=1S/C23H28FN3O4/c1-16(2)25-22(28)15-31-20-9-4-17(14-21(20)30-3)23(29)27-12-10-26(11-13-27)19-7-5-18(24)6-8-19/h4-9,14,16H,10-13,15H2,1-3H3,(H,25,28). The molecule has 1 saturated heterocycles. The van der Waals surface area contributed by atoms with E-state index in [4.69, 9.17) is 9.47 Å². The van der Waals surface area contributed by atoms with Crippen LogP contribution < -0.4 is 19.7 Å². The van der Waals surface area contributed by atoms with Gasteiger partial charge in [0.15, 0.2) is 18.1 Å². The van der Waals surface area contributed by atoms with Crippen LogP contribution in [0.5, 0.6) is 11.5 Å². The predicted octanol–water partition coefficient (Wildman–Crippen LogP) is 2.70. The van der Waals surface area contributed by atoms with Gasteiger partial charge in [-0.3, -0.25) is 9.59 Å². The second kappa shape index (κ2) is 10.1. The van der Waals surface area contributed by atoms with Crippen molar-refractivity contribution in [3.63, 3.8) is 0 Å². The van der Waals surface area contributed by atoms with Crippen molar-refractivity contribution in [3.05, 3.63) is 53.8 Å². The predicted molar refractivity (Wildman–Crippen MR) is 116 cm³/mol. The average molecular weight is 429 g/mol. The highest BCUT2D eigenvalue weighted by Crippen LogP contribution is 2.29. The zero-order chi connectivity index (χ0) is 22.4. The molecule has 0 spiro atoms. The molecule has 1 aliphatic rings. The quantitative estimate of drug-likeness (QED) is 0.733. The molecule has 3 rings (SSSR count). The third kappa shape index (κ3) is 5.87. The van der Waals surface area contributed by atoms with E-state index in [1.54, 1.807) is 35.2 Å². The lowest BCUT2D eigenvalue weighted by Crippen LogP contribution is -2.48. The first-order chi connectivity index (χ1) is 14.9. The van der Waals surface area contributed by atoms with Crippen molar-refractivity contribution < 1.29 is 23.5 Å². The minimum atomic E-state index is -0.264. The van der Waals surface area contributed by atoms with E-state index in [9.17, 15) is 14.0 Å². The highest BCUT2D eigenvalue weighted by molar-refractivity contribution is 5.95. The molecule has 1 N–H and O–H groups in total. The summed E-state index contributed by atoms with van der Waals surface area (Å²) >= 11 is 0. The number of methoxy groups -OCH3 is 1. The first-order valence-electron chi connectivity index (χ1n) is 10.3. The maximum Gasteiger partial charge on any atom is 0.258 e. The number of piperazine rings is 1. The van der Waals surface area contributed by atoms with Crippen molar-refractivity contribution in [2.45, 2.75) is 19.9 Å². The summed E-state index contributed by atoms with van der Waals surface area (Å²) in [6, 6.07) is 11.3. The summed E-state index contributed by atoms with van der Waals surface area (Å²) in [4.78, 5) is 28.7. The van der Waals surface area contributed by atoms with Crippen LogP contribution in [-0.2, 0) is 4.79 Å². The van der Waals surface area contributed by atoms with E-state index < -0.39 is 0 Å². The van der Waals surface area contributed by atoms with Gasteiger partial charge in [0.05, 0.1) is 7.11 Å². The van der Waals surface area contributed by atoms with Crippen molar-refractivity contribution in [3.8, 4) is 11.5 Å². The number of halogens is 1. The van der Waals surface area contributed by atoms with Crippen molar-refractivity contribution in [1.82, 2.24) is 10.2 Å². The van der Waals surface area contributed by atoms with Gasteiger partial charge in [0.1, 0.15) is 5.82 Å². The molecule has 2 aromatic carbocycles. The summed E-state index contributed by atoms with van der Waals surface area (Å²) in [7, 11) is 1.49. The molecule has 0 atom stereocenters. The van der Waals surface area contributed by atoms with Crippen LogP contribution in [0.15, 0.2) is 42.5 Å². The number of carbonyl (C=O) groups excluding carboxylic acids is 2. The smallest absolute Gasteiger partial charge is 0.258 e. The zero-order valence-electron chi connectivity index (χ0n) is 18.1. The molecular weight excluding hydrogens is 401 g/mol. The molecular formula is C23H28FN3O4. The van der Waals surface area contributed by atoms with Crippen LogP contribution in [0.1, 0.15) is 24.2 Å². The summed E-state index contributed by atoms with van der Waals surface area (Å²) in [5.74, 6) is 0.212. The zero-order valence-corrected chi connectivity index (χ0v) is 18.1. The van der Waals surface area contributed by atoms with Gasteiger partial charge in [-0.1, -0.05) is 0 Å². The normalized spacial score (nSPS) is 13.8. The molecule has 166 valence electrons. The minimum Gasteiger partial charge on any atom is -0.493 e. The number of amides is 2. The number of nitrogens with zero attached hydrogens (tertiary/aromatic N) is 2. The fourth-order valence-corrected chi connectivity index (χ4v) is 3.43. The van der Waals surface area contributed by atoms with E-state index >= 15 is 0 Å². The molecule has 0 unspecified atom stereocenters. The SMILES string of the molecule is COc1cc(C(=O)N2CCN(c3ccc(F)cc3)CC2)ccc1OCC(=O)NC(C)C. The highest BCUT2D eigenvalue weighted by Gasteiger charge is 2.23. The number of carbonyl (C=O) groups is 2. The monoisotopic (exact) mass is 429 g/mol. The Morgan fingerprint density at radius 3 is 2.32 bits per heavy atom. The molecule has 2 amide bonds. The van der Waals surface area contributed by atoms with Crippen molar-refractivity contribution >= 4 is 17.5 Å². The van der Waals surface area contributed by atoms with Crippen molar-refractivity contribution in [1.29, 1.82) is 0 Å². The third-order valence-corrected chi connectivity index (χ3v) is 4.98. The van der Waals surface area contributed by atoms with E-state index in [1.165, 1.54) is 19.2 Å². The Labute approximate surface area is 181 Å². The number of rotatable bonds is 7. The van der Waals surface area contributed by atoms with Gasteiger partial charge in [0.2, 0.25) is 0 Å². The molecule has 31 heavy (non-hydrogen) atoms. The summed E-state index contributed by atoms with van der Waals surface area (Å²) in [5.41, 5.74) is 1.43. The Balaban J connectivity index is 1.60. The van der Waals surface area contributed by atoms with Crippen molar-refractivity contribution in [2.75, 3.05) is 44.8 Å². The summed E-state index contributed by atoms with van der Waals surface area (Å²) in [6.45, 7) is 6.07. The lowest BCUT2D eigenvalue weighted by Gasteiger charge is -2.36. The maximum atomic E-state index is 13.1. The summed E-state index contributed by atoms with van der Waals surface area (Å²) in [5, 5.41) is 2.75. The second-order valence-corrected chi connectivity index (χ2v) is 7.63. The van der Waals surface area contributed by atoms with Gasteiger partial charge in [-0.25, -0.2) is 4.39 Å². The number of hydrogen-bond donors (Lipinski definition) is 1. The van der Waals surface area contributed by atoms with E-state index in [1.807, 2.05) is 13.8 Å². The Kier molecular flexibility index (Phi) is 7.33. The maximum absolute atomic E-state index is 13.1. The number of anilines is 1. The van der Waals surface area contributed by atoms with Crippen LogP contribution in [0.3, 0.4) is 0 Å². The van der Waals surface area contributed by atoms with Crippen LogP contribution in [0.25, 0.3) is 0 Å². The van der Waals surface area contributed by atoms with E-state index in [-0.39, 0.29) is 30.3 Å². The lowest BCUT2D eigenvalue weighted by molar-refractivity contribution is -0.123. The molecule has 1 fully saturated rings. The molecule has 0 bridgehead atoms. The van der Waals surface area contributed by atoms with Gasteiger partial charge in [-0.2, -0.15) is 0 Å². The van der Waals surface area contributed by atoms with Gasteiger partial charge >= 0.3 is 0 Å². The number of benzene rings is 2. The first-order valence-corrected chi connectivity index (χ1v) is 10.3. The van der Waals surface area contributed by atoms with Crippen LogP contribution in [0, 0.1) is 5.82 Å². The molecule has 8 heteroatoms. The first kappa shape index (κ1) is 22.4.